The van der Waals surface area contributed by atoms with Gasteiger partial charge in [0.1, 0.15) is 8.07 Å². The van der Waals surface area contributed by atoms with Crippen molar-refractivity contribution in [2.24, 2.45) is 0 Å². The molecular formula is C19H29ClSi. The number of hydrogen-bond donors (Lipinski definition) is 0. The quantitative estimate of drug-likeness (QED) is 0.429. The van der Waals surface area contributed by atoms with Crippen LogP contribution < -0.4 is 0 Å². The predicted octanol–water partition coefficient (Wildman–Crippen LogP) is 6.66. The van der Waals surface area contributed by atoms with Crippen LogP contribution in [0.5, 0.6) is 0 Å². The van der Waals surface area contributed by atoms with Crippen molar-refractivity contribution >= 4 is 19.7 Å². The molecule has 0 saturated heterocycles. The average Bonchev–Trinajstić information content (AvgIpc) is 2.38. The van der Waals surface area contributed by atoms with Crippen LogP contribution in [0.4, 0.5) is 0 Å². The van der Waals surface area contributed by atoms with E-state index in [-0.39, 0.29) is 5.92 Å². The molecule has 0 radical (unpaired) electrons. The SMILES string of the molecule is CC(C#C[Si](C(C)C)(C(C)C)C(C)C)c1ccc(Cl)cc1. The van der Waals surface area contributed by atoms with Gasteiger partial charge in [-0.15, -0.1) is 11.5 Å². The van der Waals surface area contributed by atoms with Crippen LogP contribution in [0.2, 0.25) is 21.6 Å². The summed E-state index contributed by atoms with van der Waals surface area (Å²) in [5.74, 6) is 3.84. The largest absolute Gasteiger partial charge is 0.145 e. The molecular weight excluding hydrogens is 292 g/mol. The second-order valence-corrected chi connectivity index (χ2v) is 13.0. The molecule has 0 aliphatic rings. The van der Waals surface area contributed by atoms with Gasteiger partial charge in [-0.05, 0) is 41.2 Å². The van der Waals surface area contributed by atoms with Crippen molar-refractivity contribution in [2.45, 2.75) is 71.0 Å². The molecule has 1 aromatic rings. The molecule has 1 aromatic carbocycles. The van der Waals surface area contributed by atoms with Gasteiger partial charge < -0.3 is 0 Å². The van der Waals surface area contributed by atoms with E-state index in [9.17, 15) is 0 Å². The molecule has 0 saturated carbocycles. The lowest BCUT2D eigenvalue weighted by molar-refractivity contribution is 0.837. The Balaban J connectivity index is 3.13. The van der Waals surface area contributed by atoms with Crippen LogP contribution in [-0.2, 0) is 0 Å². The summed E-state index contributed by atoms with van der Waals surface area (Å²) < 4.78 is 0. The van der Waals surface area contributed by atoms with E-state index >= 15 is 0 Å². The van der Waals surface area contributed by atoms with Crippen LogP contribution >= 0.6 is 11.6 Å². The number of benzene rings is 1. The van der Waals surface area contributed by atoms with Gasteiger partial charge in [0.25, 0.3) is 0 Å². The van der Waals surface area contributed by atoms with Crippen LogP contribution in [0.15, 0.2) is 24.3 Å². The van der Waals surface area contributed by atoms with E-state index in [4.69, 9.17) is 11.6 Å². The highest BCUT2D eigenvalue weighted by atomic mass is 35.5. The van der Waals surface area contributed by atoms with E-state index in [1.54, 1.807) is 0 Å². The molecule has 0 heterocycles. The highest BCUT2D eigenvalue weighted by Gasteiger charge is 2.41. The summed E-state index contributed by atoms with van der Waals surface area (Å²) >= 11 is 5.96. The van der Waals surface area contributed by atoms with Crippen molar-refractivity contribution in [1.82, 2.24) is 0 Å². The minimum absolute atomic E-state index is 0.269. The summed E-state index contributed by atoms with van der Waals surface area (Å²) in [7, 11) is -1.62. The van der Waals surface area contributed by atoms with E-state index < -0.39 is 8.07 Å². The molecule has 0 fully saturated rings. The van der Waals surface area contributed by atoms with Crippen LogP contribution in [0.1, 0.15) is 59.9 Å². The smallest absolute Gasteiger partial charge is 0.130 e. The summed E-state index contributed by atoms with van der Waals surface area (Å²) in [4.78, 5) is 0. The molecule has 0 amide bonds. The van der Waals surface area contributed by atoms with Crippen LogP contribution in [0.3, 0.4) is 0 Å². The lowest BCUT2D eigenvalue weighted by Crippen LogP contribution is -2.43. The van der Waals surface area contributed by atoms with Crippen molar-refractivity contribution in [3.05, 3.63) is 34.9 Å². The monoisotopic (exact) mass is 320 g/mol. The molecule has 0 N–H and O–H groups in total. The normalized spacial score (nSPS) is 13.5. The Bertz CT molecular complexity index is 481. The van der Waals surface area contributed by atoms with E-state index in [1.807, 2.05) is 12.1 Å². The molecule has 1 unspecified atom stereocenters. The third kappa shape index (κ3) is 4.15. The Kier molecular flexibility index (Phi) is 6.57. The van der Waals surface area contributed by atoms with Crippen molar-refractivity contribution in [3.8, 4) is 11.5 Å². The Morgan fingerprint density at radius 1 is 0.810 bits per heavy atom. The van der Waals surface area contributed by atoms with Gasteiger partial charge in [0.2, 0.25) is 0 Å². The third-order valence-corrected chi connectivity index (χ3v) is 11.3. The number of rotatable bonds is 4. The second kappa shape index (κ2) is 7.52. The number of hydrogen-bond acceptors (Lipinski definition) is 0. The average molecular weight is 321 g/mol. The summed E-state index contributed by atoms with van der Waals surface area (Å²) in [5.41, 5.74) is 7.10. The van der Waals surface area contributed by atoms with E-state index in [1.165, 1.54) is 5.56 Å². The Morgan fingerprint density at radius 2 is 1.24 bits per heavy atom. The zero-order valence-electron chi connectivity index (χ0n) is 14.5. The predicted molar refractivity (Wildman–Crippen MR) is 98.7 cm³/mol. The molecule has 0 nitrogen and oxygen atoms in total. The minimum Gasteiger partial charge on any atom is -0.130 e. The van der Waals surface area contributed by atoms with Crippen molar-refractivity contribution in [1.29, 1.82) is 0 Å². The Labute approximate surface area is 137 Å². The van der Waals surface area contributed by atoms with E-state index in [0.717, 1.165) is 5.02 Å². The van der Waals surface area contributed by atoms with E-state index in [0.29, 0.717) is 16.6 Å². The molecule has 21 heavy (non-hydrogen) atoms. The van der Waals surface area contributed by atoms with Crippen molar-refractivity contribution < 1.29 is 0 Å². The molecule has 0 aromatic heterocycles. The second-order valence-electron chi connectivity index (χ2n) is 6.94. The van der Waals surface area contributed by atoms with Gasteiger partial charge >= 0.3 is 0 Å². The number of halogens is 1. The standard InChI is InChI=1S/C19H29ClSi/c1-14(2)21(15(3)4,16(5)6)13-12-17(7)18-8-10-19(20)11-9-18/h8-11,14-17H,1-7H3. The molecule has 0 aliphatic heterocycles. The van der Waals surface area contributed by atoms with Crippen LogP contribution in [0, 0.1) is 11.5 Å². The van der Waals surface area contributed by atoms with Crippen molar-refractivity contribution in [3.63, 3.8) is 0 Å². The fourth-order valence-electron chi connectivity index (χ4n) is 3.50. The first-order chi connectivity index (χ1) is 9.71. The molecule has 116 valence electrons. The Hall–Kier alpha value is -0.713. The summed E-state index contributed by atoms with van der Waals surface area (Å²) in [6, 6.07) is 8.08. The maximum Gasteiger partial charge on any atom is 0.145 e. The fraction of sp³-hybridized carbons (Fsp3) is 0.579. The third-order valence-electron chi connectivity index (χ3n) is 4.74. The molecule has 0 aliphatic carbocycles. The molecule has 0 bridgehead atoms. The first-order valence-electron chi connectivity index (χ1n) is 8.00. The Morgan fingerprint density at radius 3 is 1.62 bits per heavy atom. The molecule has 1 atom stereocenters. The van der Waals surface area contributed by atoms with E-state index in [2.05, 4.69) is 72.1 Å². The molecule has 0 spiro atoms. The van der Waals surface area contributed by atoms with Crippen molar-refractivity contribution in [2.75, 3.05) is 0 Å². The minimum atomic E-state index is -1.62. The van der Waals surface area contributed by atoms with Gasteiger partial charge in [0.05, 0.1) is 0 Å². The lowest BCUT2D eigenvalue weighted by atomic mass is 10.0. The fourth-order valence-corrected chi connectivity index (χ4v) is 8.96. The molecule has 2 heteroatoms. The van der Waals surface area contributed by atoms with Gasteiger partial charge in [-0.25, -0.2) is 0 Å². The van der Waals surface area contributed by atoms with Gasteiger partial charge in [0, 0.05) is 10.9 Å². The van der Waals surface area contributed by atoms with Gasteiger partial charge in [-0.3, -0.25) is 0 Å². The maximum absolute atomic E-state index is 5.96. The van der Waals surface area contributed by atoms with Crippen LogP contribution in [-0.4, -0.2) is 8.07 Å². The highest BCUT2D eigenvalue weighted by Crippen LogP contribution is 2.40. The zero-order valence-corrected chi connectivity index (χ0v) is 16.3. The maximum atomic E-state index is 5.96. The summed E-state index contributed by atoms with van der Waals surface area (Å²) in [6.07, 6.45) is 0. The summed E-state index contributed by atoms with van der Waals surface area (Å²) in [6.45, 7) is 16.3. The summed E-state index contributed by atoms with van der Waals surface area (Å²) in [5, 5.41) is 0.786. The van der Waals surface area contributed by atoms with Gasteiger partial charge in [0.15, 0.2) is 0 Å². The van der Waals surface area contributed by atoms with Gasteiger partial charge in [-0.1, -0.05) is 65.3 Å². The first kappa shape index (κ1) is 18.3. The first-order valence-corrected chi connectivity index (χ1v) is 10.6. The molecule has 1 rings (SSSR count). The highest BCUT2D eigenvalue weighted by molar-refractivity contribution is 6.90. The van der Waals surface area contributed by atoms with Gasteiger partial charge in [-0.2, -0.15) is 0 Å². The zero-order chi connectivity index (χ0) is 16.2. The topological polar surface area (TPSA) is 0 Å². The van der Waals surface area contributed by atoms with Crippen LogP contribution in [0.25, 0.3) is 0 Å². The lowest BCUT2D eigenvalue weighted by Gasteiger charge is -2.38.